The number of amides is 1. The average molecular weight is 384 g/mol. The molecule has 1 atom stereocenters. The van der Waals surface area contributed by atoms with Gasteiger partial charge in [0, 0.05) is 17.5 Å². The molecule has 1 heterocycles. The van der Waals surface area contributed by atoms with Gasteiger partial charge in [-0.1, -0.05) is 35.9 Å². The van der Waals surface area contributed by atoms with Crippen molar-refractivity contribution in [1.82, 2.24) is 14.9 Å². The fraction of sp³-hybridized carbons (Fsp3) is 0.200. The predicted molar refractivity (Wildman–Crippen MR) is 104 cm³/mol. The fourth-order valence-corrected chi connectivity index (χ4v) is 3.00. The van der Waals surface area contributed by atoms with Crippen LogP contribution in [0.3, 0.4) is 0 Å². The van der Waals surface area contributed by atoms with E-state index < -0.39 is 0 Å². The van der Waals surface area contributed by atoms with Crippen molar-refractivity contribution in [3.63, 3.8) is 0 Å². The number of rotatable bonds is 5. The molecule has 1 aromatic heterocycles. The van der Waals surface area contributed by atoms with E-state index in [1.165, 1.54) is 17.8 Å². The third-order valence-electron chi connectivity index (χ3n) is 4.25. The summed E-state index contributed by atoms with van der Waals surface area (Å²) in [6.07, 6.45) is 1.35. The lowest BCUT2D eigenvalue weighted by molar-refractivity contribution is -0.119. The Balaban J connectivity index is 1.80. The van der Waals surface area contributed by atoms with Crippen LogP contribution in [-0.2, 0) is 11.3 Å². The third-order valence-corrected chi connectivity index (χ3v) is 4.49. The fourth-order valence-electron chi connectivity index (χ4n) is 2.84. The van der Waals surface area contributed by atoms with E-state index in [0.717, 1.165) is 5.56 Å². The first kappa shape index (κ1) is 18.8. The van der Waals surface area contributed by atoms with Gasteiger partial charge in [-0.25, -0.2) is 4.98 Å². The molecule has 6 nitrogen and oxygen atoms in total. The van der Waals surface area contributed by atoms with Crippen LogP contribution < -0.4 is 10.9 Å². The quantitative estimate of drug-likeness (QED) is 0.686. The monoisotopic (exact) mass is 383 g/mol. The van der Waals surface area contributed by atoms with Crippen LogP contribution in [0.1, 0.15) is 35.8 Å². The number of fused-ring (bicyclic) bond motifs is 1. The van der Waals surface area contributed by atoms with Gasteiger partial charge in [-0.15, -0.1) is 0 Å². The summed E-state index contributed by atoms with van der Waals surface area (Å²) in [4.78, 5) is 40.4. The van der Waals surface area contributed by atoms with Gasteiger partial charge < -0.3 is 5.32 Å². The third kappa shape index (κ3) is 4.23. The number of hydrogen-bond donors (Lipinski definition) is 1. The second kappa shape index (κ2) is 7.72. The van der Waals surface area contributed by atoms with E-state index in [4.69, 9.17) is 11.6 Å². The Labute approximate surface area is 160 Å². The molecule has 0 bridgehead atoms. The minimum absolute atomic E-state index is 0.106. The zero-order valence-electron chi connectivity index (χ0n) is 14.9. The Morgan fingerprint density at radius 2 is 1.89 bits per heavy atom. The SMILES string of the molecule is CC(=O)NC(C)c1ccc(C(=O)Cn2cnc3cc(Cl)ccc3c2=O)cc1. The number of nitrogens with zero attached hydrogens (tertiary/aromatic N) is 2. The van der Waals surface area contributed by atoms with Gasteiger partial charge in [-0.3, -0.25) is 19.0 Å². The van der Waals surface area contributed by atoms with Crippen molar-refractivity contribution in [3.05, 3.63) is 75.3 Å². The van der Waals surface area contributed by atoms with E-state index in [-0.39, 0.29) is 29.8 Å². The van der Waals surface area contributed by atoms with Crippen molar-refractivity contribution in [2.24, 2.45) is 0 Å². The molecule has 7 heteroatoms. The molecule has 138 valence electrons. The van der Waals surface area contributed by atoms with E-state index in [1.54, 1.807) is 42.5 Å². The minimum Gasteiger partial charge on any atom is -0.350 e. The summed E-state index contributed by atoms with van der Waals surface area (Å²) in [5.41, 5.74) is 1.58. The topological polar surface area (TPSA) is 81.1 Å². The van der Waals surface area contributed by atoms with Crippen LogP contribution in [-0.4, -0.2) is 21.2 Å². The molecule has 3 rings (SSSR count). The van der Waals surface area contributed by atoms with Crippen molar-refractivity contribution in [1.29, 1.82) is 0 Å². The molecule has 27 heavy (non-hydrogen) atoms. The van der Waals surface area contributed by atoms with Crippen LogP contribution in [0, 0.1) is 0 Å². The normalized spacial score (nSPS) is 12.0. The number of nitrogens with one attached hydrogen (secondary N) is 1. The lowest BCUT2D eigenvalue weighted by atomic mass is 10.0. The molecule has 0 fully saturated rings. The molecule has 1 N–H and O–H groups in total. The summed E-state index contributed by atoms with van der Waals surface area (Å²) in [6, 6.07) is 11.6. The Kier molecular flexibility index (Phi) is 5.37. The number of halogens is 1. The molecule has 0 aliphatic carbocycles. The van der Waals surface area contributed by atoms with Gasteiger partial charge in [-0.05, 0) is 30.7 Å². The van der Waals surface area contributed by atoms with Crippen LogP contribution in [0.5, 0.6) is 0 Å². The molecular weight excluding hydrogens is 366 g/mol. The largest absolute Gasteiger partial charge is 0.350 e. The zero-order valence-corrected chi connectivity index (χ0v) is 15.7. The van der Waals surface area contributed by atoms with Crippen molar-refractivity contribution in [2.45, 2.75) is 26.4 Å². The molecule has 0 radical (unpaired) electrons. The lowest BCUT2D eigenvalue weighted by Gasteiger charge is -2.13. The van der Waals surface area contributed by atoms with Crippen LogP contribution in [0.2, 0.25) is 5.02 Å². The highest BCUT2D eigenvalue weighted by Gasteiger charge is 2.12. The average Bonchev–Trinajstić information content (AvgIpc) is 2.63. The number of benzene rings is 2. The van der Waals surface area contributed by atoms with Crippen molar-refractivity contribution in [3.8, 4) is 0 Å². The van der Waals surface area contributed by atoms with E-state index in [9.17, 15) is 14.4 Å². The summed E-state index contributed by atoms with van der Waals surface area (Å²) in [6.45, 7) is 3.22. The van der Waals surface area contributed by atoms with Gasteiger partial charge in [0.1, 0.15) is 0 Å². The van der Waals surface area contributed by atoms with Crippen molar-refractivity contribution >= 4 is 34.2 Å². The summed E-state index contributed by atoms with van der Waals surface area (Å²) in [7, 11) is 0. The second-order valence-electron chi connectivity index (χ2n) is 6.31. The molecule has 0 saturated heterocycles. The van der Waals surface area contributed by atoms with Gasteiger partial charge >= 0.3 is 0 Å². The molecule has 1 unspecified atom stereocenters. The number of carbonyl (C=O) groups is 2. The molecule has 0 saturated carbocycles. The van der Waals surface area contributed by atoms with E-state index >= 15 is 0 Å². The Morgan fingerprint density at radius 3 is 2.56 bits per heavy atom. The van der Waals surface area contributed by atoms with Crippen LogP contribution >= 0.6 is 11.6 Å². The number of carbonyl (C=O) groups excluding carboxylic acids is 2. The molecular formula is C20H18ClN3O3. The van der Waals surface area contributed by atoms with Crippen LogP contribution in [0.25, 0.3) is 10.9 Å². The highest BCUT2D eigenvalue weighted by Crippen LogP contribution is 2.15. The first-order valence-corrected chi connectivity index (χ1v) is 8.78. The smallest absolute Gasteiger partial charge is 0.261 e. The highest BCUT2D eigenvalue weighted by atomic mass is 35.5. The summed E-state index contributed by atoms with van der Waals surface area (Å²) < 4.78 is 1.28. The van der Waals surface area contributed by atoms with E-state index in [1.807, 2.05) is 6.92 Å². The van der Waals surface area contributed by atoms with Crippen molar-refractivity contribution in [2.75, 3.05) is 0 Å². The molecule has 1 amide bonds. The number of Topliss-reactive ketones (excluding diaryl/α,β-unsaturated/α-hetero) is 1. The Morgan fingerprint density at radius 1 is 1.19 bits per heavy atom. The van der Waals surface area contributed by atoms with Crippen molar-refractivity contribution < 1.29 is 9.59 Å². The number of aromatic nitrogens is 2. The number of hydrogen-bond acceptors (Lipinski definition) is 4. The predicted octanol–water partition coefficient (Wildman–Crippen LogP) is 3.13. The van der Waals surface area contributed by atoms with Crippen LogP contribution in [0.15, 0.2) is 53.6 Å². The van der Waals surface area contributed by atoms with Gasteiger partial charge in [0.25, 0.3) is 5.56 Å². The highest BCUT2D eigenvalue weighted by molar-refractivity contribution is 6.31. The maximum Gasteiger partial charge on any atom is 0.261 e. The number of ketones is 1. The minimum atomic E-state index is -0.291. The maximum atomic E-state index is 12.5. The molecule has 2 aromatic carbocycles. The second-order valence-corrected chi connectivity index (χ2v) is 6.74. The van der Waals surface area contributed by atoms with Gasteiger partial charge in [0.15, 0.2) is 5.78 Å². The van der Waals surface area contributed by atoms with E-state index in [0.29, 0.717) is 21.5 Å². The first-order chi connectivity index (χ1) is 12.8. The van der Waals surface area contributed by atoms with Gasteiger partial charge in [0.05, 0.1) is 29.8 Å². The molecule has 0 aliphatic heterocycles. The lowest BCUT2D eigenvalue weighted by Crippen LogP contribution is -2.25. The first-order valence-electron chi connectivity index (χ1n) is 8.40. The summed E-state index contributed by atoms with van der Waals surface area (Å²) in [5.74, 6) is -0.321. The summed E-state index contributed by atoms with van der Waals surface area (Å²) in [5, 5.41) is 3.70. The molecule has 0 spiro atoms. The zero-order chi connectivity index (χ0) is 19.6. The standard InChI is InChI=1S/C20H18ClN3O3/c1-12(23-13(2)25)14-3-5-15(6-4-14)19(26)10-24-11-22-18-9-16(21)7-8-17(18)20(24)27/h3-9,11-12H,10H2,1-2H3,(H,23,25). The summed E-state index contributed by atoms with van der Waals surface area (Å²) >= 11 is 5.91. The molecule has 0 aliphatic rings. The van der Waals surface area contributed by atoms with Gasteiger partial charge in [-0.2, -0.15) is 0 Å². The van der Waals surface area contributed by atoms with E-state index in [2.05, 4.69) is 10.3 Å². The van der Waals surface area contributed by atoms with Gasteiger partial charge in [0.2, 0.25) is 5.91 Å². The Hall–Kier alpha value is -2.99. The molecule has 3 aromatic rings. The maximum absolute atomic E-state index is 12.5. The van der Waals surface area contributed by atoms with Crippen LogP contribution in [0.4, 0.5) is 0 Å². The Bertz CT molecular complexity index is 1070.